The number of nitrogens with zero attached hydrogens (tertiary/aromatic N) is 3. The van der Waals surface area contributed by atoms with Crippen molar-refractivity contribution in [3.05, 3.63) is 99.6 Å². The summed E-state index contributed by atoms with van der Waals surface area (Å²) in [5.41, 5.74) is 5.00. The van der Waals surface area contributed by atoms with E-state index < -0.39 is 41.4 Å². The smallest absolute Gasteiger partial charge is 0.302 e. The molecule has 2 heterocycles. The van der Waals surface area contributed by atoms with Gasteiger partial charge in [-0.2, -0.15) is 5.26 Å². The summed E-state index contributed by atoms with van der Waals surface area (Å²) in [5, 5.41) is 22.1. The van der Waals surface area contributed by atoms with E-state index in [1.165, 1.54) is 11.8 Å². The number of nitriles is 1. The van der Waals surface area contributed by atoms with Gasteiger partial charge in [0.1, 0.15) is 42.7 Å². The van der Waals surface area contributed by atoms with E-state index in [-0.39, 0.29) is 60.4 Å². The van der Waals surface area contributed by atoms with E-state index in [1.807, 2.05) is 76.5 Å². The van der Waals surface area contributed by atoms with Crippen molar-refractivity contribution < 1.29 is 38.2 Å². The van der Waals surface area contributed by atoms with Gasteiger partial charge >= 0.3 is 5.97 Å². The van der Waals surface area contributed by atoms with Crippen LogP contribution in [0.4, 0.5) is 5.69 Å². The Morgan fingerprint density at radius 1 is 0.958 bits per heavy atom. The number of aryl methyl sites for hydroxylation is 1. The van der Waals surface area contributed by atoms with E-state index in [2.05, 4.69) is 60.0 Å². The van der Waals surface area contributed by atoms with Crippen molar-refractivity contribution in [2.45, 2.75) is 131 Å². The van der Waals surface area contributed by atoms with Gasteiger partial charge in [-0.05, 0) is 86.1 Å². The van der Waals surface area contributed by atoms with E-state index in [1.54, 1.807) is 41.7 Å². The van der Waals surface area contributed by atoms with Crippen LogP contribution < -0.4 is 26.0 Å². The Balaban J connectivity index is 0.914. The third-order valence-corrected chi connectivity index (χ3v) is 14.8. The molecule has 2 fully saturated rings. The van der Waals surface area contributed by atoms with Gasteiger partial charge in [-0.3, -0.25) is 24.0 Å². The summed E-state index contributed by atoms with van der Waals surface area (Å²) in [6, 6.07) is 19.9. The van der Waals surface area contributed by atoms with Crippen molar-refractivity contribution in [3.8, 4) is 22.3 Å². The first kappa shape index (κ1) is 54.3. The molecule has 1 aliphatic carbocycles. The quantitative estimate of drug-likeness (QED) is 0.0487. The number of halogens is 1. The number of rotatable bonds is 20. The van der Waals surface area contributed by atoms with Crippen molar-refractivity contribution >= 4 is 58.2 Å². The number of hydrogen-bond acceptors (Lipinski definition) is 12. The molecule has 0 radical (unpaired) electrons. The van der Waals surface area contributed by atoms with Crippen LogP contribution >= 0.6 is 22.9 Å². The number of nitrogens with one attached hydrogen (secondary N) is 4. The number of aromatic nitrogens is 1. The summed E-state index contributed by atoms with van der Waals surface area (Å²) in [4.78, 5) is 73.7. The molecule has 2 aliphatic rings. The summed E-state index contributed by atoms with van der Waals surface area (Å²) in [7, 11) is 0. The number of thiazole rings is 1. The summed E-state index contributed by atoms with van der Waals surface area (Å²) in [5.74, 6) is -1.39. The molecule has 3 aromatic carbocycles. The zero-order valence-electron chi connectivity index (χ0n) is 42.4. The first-order chi connectivity index (χ1) is 33.5. The molecule has 1 saturated carbocycles. The van der Waals surface area contributed by atoms with Gasteiger partial charge in [0, 0.05) is 60.7 Å². The molecule has 4 N–H and O–H groups in total. The van der Waals surface area contributed by atoms with Crippen molar-refractivity contribution in [2.24, 2.45) is 16.2 Å². The topological polar surface area (TPSA) is 201 Å². The fraction of sp³-hybridized carbons (Fsp3) is 0.500. The Morgan fingerprint density at radius 2 is 1.65 bits per heavy atom. The Morgan fingerprint density at radius 3 is 2.25 bits per heavy atom. The van der Waals surface area contributed by atoms with Crippen molar-refractivity contribution in [3.63, 3.8) is 0 Å². The lowest BCUT2D eigenvalue weighted by Crippen LogP contribution is -2.74. The normalized spacial score (nSPS) is 19.8. The standard InChI is InChI=1S/C54H68ClN7O8S/c1-32(35-14-16-36(17-15-35)45-33(2)58-31-71-45)59-48(66)43-27-41(69-34(3)63)29-62(43)49(67)46(52(4,5)6)60-44(64)30-68-25-13-11-12-24-57-39-21-18-37(19-22-39)47(65)61-50-53(7,8)51(54(50,9)10)70-40-23-20-38(28-56)42(55)26-40/h14-23,26,31-32,41,43,46,50-51,57H,11-13,24-25,27,29-30H2,1-10H3,(H,59,66)(H,60,64)(H,61,65)/t32-,41+,43?,46?,50-,51-/m0/s1. The molecule has 4 amide bonds. The van der Waals surface area contributed by atoms with Crippen LogP contribution in [-0.4, -0.2) is 96.1 Å². The highest BCUT2D eigenvalue weighted by molar-refractivity contribution is 7.13. The highest BCUT2D eigenvalue weighted by Crippen LogP contribution is 2.55. The van der Waals surface area contributed by atoms with E-state index in [0.717, 1.165) is 40.2 Å². The van der Waals surface area contributed by atoms with Gasteiger partial charge in [-0.25, -0.2) is 4.98 Å². The minimum Gasteiger partial charge on any atom is -0.489 e. The number of carbonyl (C=O) groups is 5. The van der Waals surface area contributed by atoms with Crippen LogP contribution in [0.5, 0.6) is 5.75 Å². The maximum absolute atomic E-state index is 14.3. The number of hydrogen-bond donors (Lipinski definition) is 4. The lowest BCUT2D eigenvalue weighted by molar-refractivity contribution is -0.164. The zero-order valence-corrected chi connectivity index (χ0v) is 44.0. The molecular formula is C54H68ClN7O8S. The second-order valence-electron chi connectivity index (χ2n) is 20.9. The van der Waals surface area contributed by atoms with Crippen LogP contribution in [-0.2, 0) is 28.7 Å². The Hall–Kier alpha value is -6.02. The van der Waals surface area contributed by atoms with Crippen molar-refractivity contribution in [2.75, 3.05) is 31.6 Å². The molecule has 0 spiro atoms. The van der Waals surface area contributed by atoms with Crippen LogP contribution in [0, 0.1) is 34.5 Å². The molecule has 4 atom stereocenters. The minimum atomic E-state index is -0.989. The average Bonchev–Trinajstić information content (AvgIpc) is 3.95. The maximum atomic E-state index is 14.3. The second kappa shape index (κ2) is 23.0. The number of carbonyl (C=O) groups excluding carboxylic acids is 5. The van der Waals surface area contributed by atoms with Crippen LogP contribution in [0.15, 0.2) is 72.2 Å². The van der Waals surface area contributed by atoms with Gasteiger partial charge in [0.05, 0.1) is 39.3 Å². The zero-order chi connectivity index (χ0) is 51.8. The molecule has 4 aromatic rings. The third kappa shape index (κ3) is 13.3. The van der Waals surface area contributed by atoms with Gasteiger partial charge in [-0.15, -0.1) is 11.3 Å². The molecule has 71 heavy (non-hydrogen) atoms. The molecular weight excluding hydrogens is 942 g/mol. The summed E-state index contributed by atoms with van der Waals surface area (Å²) >= 11 is 7.81. The van der Waals surface area contributed by atoms with Crippen LogP contribution in [0.3, 0.4) is 0 Å². The first-order valence-electron chi connectivity index (χ1n) is 24.2. The summed E-state index contributed by atoms with van der Waals surface area (Å²) in [6.07, 6.45) is 1.63. The SMILES string of the molecule is CC(=O)O[C@@H]1CC(C(=O)N[C@@H](C)c2ccc(-c3scnc3C)cc2)N(C(=O)C(NC(=O)COCCCCCNc2ccc(C(=O)N[C@H]3C(C)(C)[C@H](Oc4ccc(C#N)c(Cl)c4)C3(C)C)cc2)C(C)(C)C)C1. The summed E-state index contributed by atoms with van der Waals surface area (Å²) in [6.45, 7) is 19.7. The van der Waals surface area contributed by atoms with Crippen molar-refractivity contribution in [1.82, 2.24) is 25.8 Å². The van der Waals surface area contributed by atoms with Crippen LogP contribution in [0.2, 0.25) is 5.02 Å². The first-order valence-corrected chi connectivity index (χ1v) is 25.4. The predicted molar refractivity (Wildman–Crippen MR) is 275 cm³/mol. The highest BCUT2D eigenvalue weighted by Gasteiger charge is 2.64. The molecule has 2 unspecified atom stereocenters. The van der Waals surface area contributed by atoms with Gasteiger partial charge in [0.2, 0.25) is 17.7 Å². The van der Waals surface area contributed by atoms with E-state index in [9.17, 15) is 29.2 Å². The van der Waals surface area contributed by atoms with Gasteiger partial charge < -0.3 is 40.4 Å². The second-order valence-corrected chi connectivity index (χ2v) is 22.1. The number of unbranched alkanes of at least 4 members (excludes halogenated alkanes) is 2. The molecule has 17 heteroatoms. The van der Waals surface area contributed by atoms with Gasteiger partial charge in [0.15, 0.2) is 0 Å². The average molecular weight is 1010 g/mol. The maximum Gasteiger partial charge on any atom is 0.302 e. The number of amides is 4. The van der Waals surface area contributed by atoms with E-state index in [4.69, 9.17) is 25.8 Å². The Kier molecular flexibility index (Phi) is 17.6. The molecule has 1 saturated heterocycles. The lowest BCUT2D eigenvalue weighted by Gasteiger charge is -2.63. The van der Waals surface area contributed by atoms with Crippen molar-refractivity contribution in [1.29, 1.82) is 5.26 Å². The van der Waals surface area contributed by atoms with Crippen LogP contribution in [0.25, 0.3) is 10.4 Å². The fourth-order valence-electron chi connectivity index (χ4n) is 9.97. The van der Waals surface area contributed by atoms with Gasteiger partial charge in [0.25, 0.3) is 5.91 Å². The largest absolute Gasteiger partial charge is 0.489 e. The van der Waals surface area contributed by atoms with Crippen LogP contribution in [0.1, 0.15) is 121 Å². The Labute approximate surface area is 426 Å². The number of ether oxygens (including phenoxy) is 3. The fourth-order valence-corrected chi connectivity index (χ4v) is 11.0. The molecule has 1 aromatic heterocycles. The van der Waals surface area contributed by atoms with E-state index in [0.29, 0.717) is 41.5 Å². The highest BCUT2D eigenvalue weighted by atomic mass is 35.5. The van der Waals surface area contributed by atoms with Gasteiger partial charge in [-0.1, -0.05) is 84.3 Å². The Bertz CT molecular complexity index is 2570. The number of likely N-dealkylation sites (tertiary alicyclic amines) is 1. The number of benzene rings is 3. The number of anilines is 1. The van der Waals surface area contributed by atoms with E-state index >= 15 is 0 Å². The lowest BCUT2D eigenvalue weighted by atomic mass is 9.49. The third-order valence-electron chi connectivity index (χ3n) is 13.5. The molecule has 15 nitrogen and oxygen atoms in total. The number of esters is 1. The monoisotopic (exact) mass is 1010 g/mol. The molecule has 380 valence electrons. The minimum absolute atomic E-state index is 0.0139. The summed E-state index contributed by atoms with van der Waals surface area (Å²) < 4.78 is 17.6. The predicted octanol–water partition coefficient (Wildman–Crippen LogP) is 8.80. The molecule has 1 aliphatic heterocycles. The molecule has 0 bridgehead atoms. The molecule has 6 rings (SSSR count).